The van der Waals surface area contributed by atoms with E-state index in [2.05, 4.69) is 21.3 Å². The van der Waals surface area contributed by atoms with Crippen LogP contribution in [0.4, 0.5) is 11.4 Å². The monoisotopic (exact) mass is 229 g/mol. The highest BCUT2D eigenvalue weighted by Crippen LogP contribution is 2.45. The van der Waals surface area contributed by atoms with Gasteiger partial charge in [-0.25, -0.2) is 0 Å². The van der Waals surface area contributed by atoms with Gasteiger partial charge in [-0.05, 0) is 31.2 Å². The smallest absolute Gasteiger partial charge is 0.0765 e. The van der Waals surface area contributed by atoms with E-state index in [9.17, 15) is 0 Å². The van der Waals surface area contributed by atoms with E-state index in [-0.39, 0.29) is 0 Å². The fourth-order valence-electron chi connectivity index (χ4n) is 4.10. The molecule has 1 aromatic rings. The molecule has 3 nitrogen and oxygen atoms in total. The maximum absolute atomic E-state index is 4.23. The molecule has 1 aromatic heterocycles. The topological polar surface area (TPSA) is 28.2 Å². The minimum absolute atomic E-state index is 0.720. The Morgan fingerprint density at radius 2 is 2.24 bits per heavy atom. The Hall–Kier alpha value is -1.25. The number of nitrogens with zero attached hydrogens (tertiary/aromatic N) is 2. The molecule has 3 atom stereocenters. The Bertz CT molecular complexity index is 431. The molecule has 4 rings (SSSR count). The maximum atomic E-state index is 4.23. The third kappa shape index (κ3) is 1.38. The first-order chi connectivity index (χ1) is 8.43. The molecule has 1 aliphatic carbocycles. The van der Waals surface area contributed by atoms with Crippen LogP contribution in [0.5, 0.6) is 0 Å². The van der Waals surface area contributed by atoms with Gasteiger partial charge in [0, 0.05) is 24.8 Å². The van der Waals surface area contributed by atoms with Crippen molar-refractivity contribution >= 4 is 11.4 Å². The lowest BCUT2D eigenvalue weighted by atomic mass is 9.85. The van der Waals surface area contributed by atoms with E-state index >= 15 is 0 Å². The number of aromatic nitrogens is 1. The Kier molecular flexibility index (Phi) is 2.08. The van der Waals surface area contributed by atoms with Gasteiger partial charge in [0.2, 0.25) is 0 Å². The highest BCUT2D eigenvalue weighted by molar-refractivity contribution is 5.72. The van der Waals surface area contributed by atoms with Crippen molar-refractivity contribution in [2.24, 2.45) is 5.92 Å². The van der Waals surface area contributed by atoms with E-state index in [0.717, 1.165) is 24.5 Å². The Balaban J connectivity index is 1.75. The molecule has 3 aliphatic rings. The number of nitrogens with one attached hydrogen (secondary N) is 1. The van der Waals surface area contributed by atoms with Gasteiger partial charge in [-0.3, -0.25) is 4.98 Å². The van der Waals surface area contributed by atoms with Crippen LogP contribution in [-0.2, 0) is 0 Å². The van der Waals surface area contributed by atoms with Gasteiger partial charge in [0.15, 0.2) is 0 Å². The summed E-state index contributed by atoms with van der Waals surface area (Å²) in [5, 5.41) is 3.54. The third-order valence-electron chi connectivity index (χ3n) is 4.80. The second-order valence-electron chi connectivity index (χ2n) is 5.68. The van der Waals surface area contributed by atoms with E-state index in [1.807, 2.05) is 12.4 Å². The Morgan fingerprint density at radius 3 is 3.24 bits per heavy atom. The molecule has 0 radical (unpaired) electrons. The van der Waals surface area contributed by atoms with Gasteiger partial charge in [-0.1, -0.05) is 12.8 Å². The SMILES string of the molecule is c1cc2c(cn1)NCC1CC3CCCCC3N21. The number of fused-ring (bicyclic) bond motifs is 5. The molecule has 0 amide bonds. The summed E-state index contributed by atoms with van der Waals surface area (Å²) >= 11 is 0. The van der Waals surface area contributed by atoms with Crippen molar-refractivity contribution in [2.45, 2.75) is 44.2 Å². The van der Waals surface area contributed by atoms with Crippen molar-refractivity contribution in [2.75, 3.05) is 16.8 Å². The molecular weight excluding hydrogens is 210 g/mol. The van der Waals surface area contributed by atoms with Gasteiger partial charge in [-0.15, -0.1) is 0 Å². The van der Waals surface area contributed by atoms with Crippen molar-refractivity contribution < 1.29 is 0 Å². The van der Waals surface area contributed by atoms with Crippen LogP contribution in [0.3, 0.4) is 0 Å². The van der Waals surface area contributed by atoms with Crippen LogP contribution in [0.15, 0.2) is 18.5 Å². The van der Waals surface area contributed by atoms with Crippen LogP contribution in [0.2, 0.25) is 0 Å². The van der Waals surface area contributed by atoms with Gasteiger partial charge in [0.05, 0.1) is 17.6 Å². The Morgan fingerprint density at radius 1 is 1.29 bits per heavy atom. The minimum atomic E-state index is 0.720. The zero-order valence-corrected chi connectivity index (χ0v) is 10.1. The summed E-state index contributed by atoms with van der Waals surface area (Å²) in [5.74, 6) is 0.940. The molecule has 1 N–H and O–H groups in total. The molecule has 1 saturated heterocycles. The molecule has 1 saturated carbocycles. The molecule has 0 aromatic carbocycles. The average molecular weight is 229 g/mol. The first kappa shape index (κ1) is 9.75. The van der Waals surface area contributed by atoms with Crippen LogP contribution >= 0.6 is 0 Å². The predicted molar refractivity (Wildman–Crippen MR) is 69.4 cm³/mol. The van der Waals surface area contributed by atoms with Crippen LogP contribution in [-0.4, -0.2) is 23.6 Å². The first-order valence-electron chi connectivity index (χ1n) is 6.90. The third-order valence-corrected chi connectivity index (χ3v) is 4.80. The van der Waals surface area contributed by atoms with Crippen LogP contribution < -0.4 is 10.2 Å². The maximum Gasteiger partial charge on any atom is 0.0765 e. The summed E-state index contributed by atoms with van der Waals surface area (Å²) in [7, 11) is 0. The van der Waals surface area contributed by atoms with Gasteiger partial charge in [0.25, 0.3) is 0 Å². The van der Waals surface area contributed by atoms with Crippen molar-refractivity contribution in [1.29, 1.82) is 0 Å². The quantitative estimate of drug-likeness (QED) is 0.741. The molecule has 0 spiro atoms. The van der Waals surface area contributed by atoms with E-state index in [4.69, 9.17) is 0 Å². The summed E-state index contributed by atoms with van der Waals surface area (Å²) in [6.07, 6.45) is 11.0. The number of hydrogen-bond donors (Lipinski definition) is 1. The molecule has 90 valence electrons. The lowest BCUT2D eigenvalue weighted by Crippen LogP contribution is -2.44. The molecule has 3 unspecified atom stereocenters. The number of anilines is 2. The Labute approximate surface area is 102 Å². The first-order valence-corrected chi connectivity index (χ1v) is 6.90. The van der Waals surface area contributed by atoms with Gasteiger partial charge in [-0.2, -0.15) is 0 Å². The normalized spacial score (nSPS) is 34.6. The molecule has 2 aliphatic heterocycles. The van der Waals surface area contributed by atoms with E-state index in [0.29, 0.717) is 0 Å². The molecular formula is C14H19N3. The van der Waals surface area contributed by atoms with Crippen molar-refractivity contribution in [3.8, 4) is 0 Å². The largest absolute Gasteiger partial charge is 0.380 e. The fourth-order valence-corrected chi connectivity index (χ4v) is 4.10. The van der Waals surface area contributed by atoms with Gasteiger partial charge < -0.3 is 10.2 Å². The van der Waals surface area contributed by atoms with E-state index in [1.54, 1.807) is 0 Å². The van der Waals surface area contributed by atoms with Crippen LogP contribution in [0, 0.1) is 5.92 Å². The highest BCUT2D eigenvalue weighted by atomic mass is 15.3. The molecule has 2 fully saturated rings. The van der Waals surface area contributed by atoms with E-state index in [1.165, 1.54) is 43.5 Å². The van der Waals surface area contributed by atoms with Crippen molar-refractivity contribution in [3.05, 3.63) is 18.5 Å². The van der Waals surface area contributed by atoms with E-state index < -0.39 is 0 Å². The number of hydrogen-bond acceptors (Lipinski definition) is 3. The molecule has 3 heterocycles. The second kappa shape index (κ2) is 3.62. The summed E-state index contributed by atoms with van der Waals surface area (Å²) in [4.78, 5) is 6.93. The molecule has 17 heavy (non-hydrogen) atoms. The predicted octanol–water partition coefficient (Wildman–Crippen LogP) is 2.64. The zero-order chi connectivity index (χ0) is 11.2. The van der Waals surface area contributed by atoms with Gasteiger partial charge in [0.1, 0.15) is 0 Å². The van der Waals surface area contributed by atoms with Gasteiger partial charge >= 0.3 is 0 Å². The van der Waals surface area contributed by atoms with Crippen LogP contribution in [0.25, 0.3) is 0 Å². The molecule has 3 heteroatoms. The summed E-state index contributed by atoms with van der Waals surface area (Å²) in [6, 6.07) is 3.71. The summed E-state index contributed by atoms with van der Waals surface area (Å²) in [6.45, 7) is 1.10. The summed E-state index contributed by atoms with van der Waals surface area (Å²) in [5.41, 5.74) is 2.63. The number of rotatable bonds is 0. The zero-order valence-electron chi connectivity index (χ0n) is 10.1. The second-order valence-corrected chi connectivity index (χ2v) is 5.68. The van der Waals surface area contributed by atoms with Crippen molar-refractivity contribution in [1.82, 2.24) is 4.98 Å². The standard InChI is InChI=1S/C14H19N3/c1-2-4-13-10(3-1)7-11-8-16-12-9-15-6-5-14(12)17(11)13/h5-6,9-11,13,16H,1-4,7-8H2. The average Bonchev–Trinajstić information content (AvgIpc) is 2.77. The lowest BCUT2D eigenvalue weighted by Gasteiger charge is -2.39. The van der Waals surface area contributed by atoms with Crippen LogP contribution in [0.1, 0.15) is 32.1 Å². The lowest BCUT2D eigenvalue weighted by molar-refractivity contribution is 0.342. The minimum Gasteiger partial charge on any atom is -0.380 e. The summed E-state index contributed by atoms with van der Waals surface area (Å²) < 4.78 is 0. The molecule has 0 bridgehead atoms. The highest BCUT2D eigenvalue weighted by Gasteiger charge is 2.44. The number of pyridine rings is 1. The fraction of sp³-hybridized carbons (Fsp3) is 0.643. The van der Waals surface area contributed by atoms with Crippen molar-refractivity contribution in [3.63, 3.8) is 0 Å².